The summed E-state index contributed by atoms with van der Waals surface area (Å²) in [6, 6.07) is 16.3. The van der Waals surface area contributed by atoms with Crippen LogP contribution in [0.4, 0.5) is 5.69 Å². The van der Waals surface area contributed by atoms with Crippen molar-refractivity contribution in [3.8, 4) is 28.1 Å². The molecule has 2 N–H and O–H groups in total. The maximum absolute atomic E-state index is 13.2. The number of benzene rings is 3. The van der Waals surface area contributed by atoms with Crippen molar-refractivity contribution in [1.29, 1.82) is 0 Å². The van der Waals surface area contributed by atoms with E-state index in [4.69, 9.17) is 19.2 Å². The van der Waals surface area contributed by atoms with Gasteiger partial charge in [-0.2, -0.15) is 0 Å². The van der Waals surface area contributed by atoms with Gasteiger partial charge in [0, 0.05) is 39.0 Å². The van der Waals surface area contributed by atoms with E-state index in [1.165, 1.54) is 0 Å². The van der Waals surface area contributed by atoms with Gasteiger partial charge < -0.3 is 24.5 Å². The molecule has 1 saturated heterocycles. The van der Waals surface area contributed by atoms with E-state index in [2.05, 4.69) is 51.7 Å². The minimum atomic E-state index is 0.0234. The molecule has 3 aromatic heterocycles. The summed E-state index contributed by atoms with van der Waals surface area (Å²) < 4.78 is 11.3. The number of aromatic nitrogens is 4. The lowest BCUT2D eigenvalue weighted by atomic mass is 9.95. The van der Waals surface area contributed by atoms with Crippen molar-refractivity contribution in [1.82, 2.24) is 25.0 Å². The van der Waals surface area contributed by atoms with Gasteiger partial charge in [0.25, 0.3) is 0 Å². The Kier molecular flexibility index (Phi) is 6.62. The highest BCUT2D eigenvalue weighted by atomic mass is 16.5. The maximum Gasteiger partial charge on any atom is 0.227 e. The van der Waals surface area contributed by atoms with Gasteiger partial charge in [0.1, 0.15) is 23.0 Å². The maximum atomic E-state index is 13.2. The first kappa shape index (κ1) is 27.1. The van der Waals surface area contributed by atoms with Crippen LogP contribution in [-0.2, 0) is 4.79 Å². The van der Waals surface area contributed by atoms with E-state index >= 15 is 0 Å². The Labute approximate surface area is 249 Å². The molecule has 0 atom stereocenters. The smallest absolute Gasteiger partial charge is 0.227 e. The van der Waals surface area contributed by atoms with Gasteiger partial charge in [-0.25, -0.2) is 9.97 Å². The normalized spacial score (nSPS) is 14.6. The third kappa shape index (κ3) is 4.60. The van der Waals surface area contributed by atoms with Crippen LogP contribution in [0.25, 0.3) is 55.1 Å². The van der Waals surface area contributed by atoms with Crippen molar-refractivity contribution in [2.75, 3.05) is 32.6 Å². The number of nitrogens with zero attached hydrogens (tertiary/aromatic N) is 4. The zero-order valence-corrected chi connectivity index (χ0v) is 25.0. The summed E-state index contributed by atoms with van der Waals surface area (Å²) in [5, 5.41) is 11.2. The molecule has 0 spiro atoms. The molecule has 218 valence electrons. The lowest BCUT2D eigenvalue weighted by molar-refractivity contribution is -0.121. The number of likely N-dealkylation sites (tertiary alicyclic amines) is 1. The first-order valence-corrected chi connectivity index (χ1v) is 14.6. The average Bonchev–Trinajstić information content (AvgIpc) is 3.53. The number of anilines is 1. The number of carbonyl (C=O) groups is 1. The van der Waals surface area contributed by atoms with Crippen molar-refractivity contribution < 1.29 is 14.1 Å². The van der Waals surface area contributed by atoms with Crippen LogP contribution in [0.15, 0.2) is 53.1 Å². The molecule has 43 heavy (non-hydrogen) atoms. The van der Waals surface area contributed by atoms with Crippen LogP contribution in [0, 0.1) is 26.7 Å². The number of aryl methyl sites for hydroxylation is 3. The van der Waals surface area contributed by atoms with Gasteiger partial charge in [-0.3, -0.25) is 4.79 Å². The van der Waals surface area contributed by atoms with Gasteiger partial charge in [0.2, 0.25) is 5.91 Å². The van der Waals surface area contributed by atoms with Crippen molar-refractivity contribution in [3.05, 3.63) is 65.8 Å². The number of amides is 1. The van der Waals surface area contributed by atoms with Gasteiger partial charge in [0.15, 0.2) is 0 Å². The largest absolute Gasteiger partial charge is 0.496 e. The van der Waals surface area contributed by atoms with E-state index in [9.17, 15) is 4.79 Å². The molecule has 3 aromatic carbocycles. The summed E-state index contributed by atoms with van der Waals surface area (Å²) in [5.74, 6) is 2.22. The second-order valence-electron chi connectivity index (χ2n) is 11.5. The Morgan fingerprint density at radius 3 is 2.49 bits per heavy atom. The van der Waals surface area contributed by atoms with Gasteiger partial charge in [-0.15, -0.1) is 0 Å². The lowest BCUT2D eigenvalue weighted by Crippen LogP contribution is -2.35. The fourth-order valence-electron chi connectivity index (χ4n) is 6.48. The SMILES string of the molecule is COc1cc2c(cc1-c1c(C)noc1C)[nH]c1nc(C)nc(-c3ccc(NC(=O)C4CCN(C)CC4)c4ccccc34)c12. The summed E-state index contributed by atoms with van der Waals surface area (Å²) in [5.41, 5.74) is 6.90. The standard InChI is InChI=1S/C34H34N6O3/c1-18-30(19(2)43-39-18)26-16-28-25(17-29(26)42-5)31-32(35-20(3)36-33(31)37-28)24-10-11-27(23-9-7-6-8-22(23)24)38-34(41)21-12-14-40(4)15-13-21/h6-11,16-17,21H,12-15H2,1-5H3,(H,38,41)(H,35,36,37). The van der Waals surface area contributed by atoms with Crippen LogP contribution in [0.1, 0.15) is 30.1 Å². The Morgan fingerprint density at radius 1 is 1.00 bits per heavy atom. The van der Waals surface area contributed by atoms with Crippen LogP contribution in [0.3, 0.4) is 0 Å². The van der Waals surface area contributed by atoms with Crippen LogP contribution < -0.4 is 10.1 Å². The number of rotatable bonds is 5. The number of methoxy groups -OCH3 is 1. The van der Waals surface area contributed by atoms with Gasteiger partial charge in [0.05, 0.1) is 29.4 Å². The quantitative estimate of drug-likeness (QED) is 0.233. The monoisotopic (exact) mass is 574 g/mol. The molecule has 1 aliphatic rings. The fourth-order valence-corrected chi connectivity index (χ4v) is 6.48. The van der Waals surface area contributed by atoms with E-state index in [0.717, 1.165) is 98.2 Å². The number of H-pyrrole nitrogens is 1. The summed E-state index contributed by atoms with van der Waals surface area (Å²) in [7, 11) is 3.78. The molecule has 1 amide bonds. The van der Waals surface area contributed by atoms with Crippen molar-refractivity contribution >= 4 is 44.3 Å². The predicted molar refractivity (Wildman–Crippen MR) is 169 cm³/mol. The molecule has 0 saturated carbocycles. The second kappa shape index (κ2) is 10.5. The molecule has 1 fully saturated rings. The lowest BCUT2D eigenvalue weighted by Gasteiger charge is -2.28. The van der Waals surface area contributed by atoms with Crippen molar-refractivity contribution in [2.24, 2.45) is 5.92 Å². The average molecular weight is 575 g/mol. The van der Waals surface area contributed by atoms with Crippen LogP contribution >= 0.6 is 0 Å². The topological polar surface area (TPSA) is 109 Å². The van der Waals surface area contributed by atoms with E-state index < -0.39 is 0 Å². The third-order valence-electron chi connectivity index (χ3n) is 8.71. The Balaban J connectivity index is 1.38. The first-order chi connectivity index (χ1) is 20.8. The van der Waals surface area contributed by atoms with Crippen molar-refractivity contribution in [2.45, 2.75) is 33.6 Å². The van der Waals surface area contributed by atoms with E-state index in [0.29, 0.717) is 11.6 Å². The molecular formula is C34H34N6O3. The third-order valence-corrected chi connectivity index (χ3v) is 8.71. The molecule has 0 bridgehead atoms. The summed E-state index contributed by atoms with van der Waals surface area (Å²) in [4.78, 5) is 28.8. The Morgan fingerprint density at radius 2 is 1.77 bits per heavy atom. The van der Waals surface area contributed by atoms with E-state index in [1.807, 2.05) is 45.0 Å². The number of hydrogen-bond acceptors (Lipinski definition) is 7. The zero-order chi connectivity index (χ0) is 29.8. The summed E-state index contributed by atoms with van der Waals surface area (Å²) in [6.45, 7) is 7.62. The number of fused-ring (bicyclic) bond motifs is 4. The molecule has 9 heteroatoms. The molecule has 0 aliphatic carbocycles. The number of piperidine rings is 1. The molecule has 9 nitrogen and oxygen atoms in total. The number of aromatic amines is 1. The molecule has 7 rings (SSSR count). The molecule has 1 aliphatic heterocycles. The zero-order valence-electron chi connectivity index (χ0n) is 25.0. The number of ether oxygens (including phenoxy) is 1. The van der Waals surface area contributed by atoms with Crippen LogP contribution in [0.5, 0.6) is 5.75 Å². The number of nitrogens with one attached hydrogen (secondary N) is 2. The van der Waals surface area contributed by atoms with E-state index in [-0.39, 0.29) is 11.8 Å². The van der Waals surface area contributed by atoms with Crippen LogP contribution in [-0.4, -0.2) is 58.2 Å². The second-order valence-corrected chi connectivity index (χ2v) is 11.5. The first-order valence-electron chi connectivity index (χ1n) is 14.6. The molecule has 4 heterocycles. The fraction of sp³-hybridized carbons (Fsp3) is 0.294. The molecular weight excluding hydrogens is 540 g/mol. The molecule has 0 radical (unpaired) electrons. The highest BCUT2D eigenvalue weighted by Gasteiger charge is 2.25. The minimum Gasteiger partial charge on any atom is -0.496 e. The van der Waals surface area contributed by atoms with Gasteiger partial charge in [-0.1, -0.05) is 35.5 Å². The van der Waals surface area contributed by atoms with Gasteiger partial charge in [-0.05, 0) is 77.3 Å². The number of carbonyl (C=O) groups excluding carboxylic acids is 1. The van der Waals surface area contributed by atoms with Gasteiger partial charge >= 0.3 is 0 Å². The summed E-state index contributed by atoms with van der Waals surface area (Å²) in [6.07, 6.45) is 1.75. The summed E-state index contributed by atoms with van der Waals surface area (Å²) >= 11 is 0. The highest BCUT2D eigenvalue weighted by molar-refractivity contribution is 6.17. The molecule has 6 aromatic rings. The predicted octanol–water partition coefficient (Wildman–Crippen LogP) is 6.80. The molecule has 0 unspecified atom stereocenters. The Hall–Kier alpha value is -4.76. The Bertz CT molecular complexity index is 2010. The highest BCUT2D eigenvalue weighted by Crippen LogP contribution is 2.43. The minimum absolute atomic E-state index is 0.0234. The van der Waals surface area contributed by atoms with Crippen LogP contribution in [0.2, 0.25) is 0 Å². The van der Waals surface area contributed by atoms with E-state index in [1.54, 1.807) is 7.11 Å². The van der Waals surface area contributed by atoms with Crippen molar-refractivity contribution in [3.63, 3.8) is 0 Å². The number of hydrogen-bond donors (Lipinski definition) is 2.